The quantitative estimate of drug-likeness (QED) is 0.743. The highest BCUT2D eigenvalue weighted by molar-refractivity contribution is 6.03. The molecule has 128 valence electrons. The molecule has 25 heavy (non-hydrogen) atoms. The lowest BCUT2D eigenvalue weighted by atomic mass is 10.2. The van der Waals surface area contributed by atoms with E-state index in [1.807, 2.05) is 50.2 Å². The fourth-order valence-electron chi connectivity index (χ4n) is 2.58. The Bertz CT molecular complexity index is 839. The number of carbonyl (C=O) groups is 1. The Hall–Kier alpha value is -3.08. The van der Waals surface area contributed by atoms with E-state index in [9.17, 15) is 4.79 Å². The van der Waals surface area contributed by atoms with Gasteiger partial charge in [-0.2, -0.15) is 5.10 Å². The Kier molecular flexibility index (Phi) is 5.14. The van der Waals surface area contributed by atoms with Gasteiger partial charge in [0.05, 0.1) is 18.8 Å². The van der Waals surface area contributed by atoms with E-state index in [2.05, 4.69) is 10.4 Å². The van der Waals surface area contributed by atoms with Gasteiger partial charge in [0.15, 0.2) is 0 Å². The second-order valence-corrected chi connectivity index (χ2v) is 5.73. The highest BCUT2D eigenvalue weighted by atomic mass is 16.5. The van der Waals surface area contributed by atoms with Gasteiger partial charge < -0.3 is 10.1 Å². The molecule has 5 nitrogen and oxygen atoms in total. The minimum absolute atomic E-state index is 0.169. The van der Waals surface area contributed by atoms with Crippen LogP contribution in [-0.4, -0.2) is 22.3 Å². The topological polar surface area (TPSA) is 56.1 Å². The van der Waals surface area contributed by atoms with Crippen LogP contribution in [0.25, 0.3) is 0 Å². The van der Waals surface area contributed by atoms with Crippen LogP contribution in [-0.2, 0) is 6.54 Å². The molecule has 3 rings (SSSR count). The molecule has 0 saturated carbocycles. The summed E-state index contributed by atoms with van der Waals surface area (Å²) in [6.45, 7) is 5.04. The number of ether oxygens (including phenoxy) is 1. The van der Waals surface area contributed by atoms with Gasteiger partial charge in [-0.05, 0) is 43.7 Å². The second kappa shape index (κ2) is 7.66. The summed E-state index contributed by atoms with van der Waals surface area (Å²) in [6.07, 6.45) is 0. The van der Waals surface area contributed by atoms with Gasteiger partial charge >= 0.3 is 0 Å². The molecule has 0 aliphatic heterocycles. The highest BCUT2D eigenvalue weighted by Crippen LogP contribution is 2.16. The first-order chi connectivity index (χ1) is 12.2. The molecule has 1 aromatic heterocycles. The van der Waals surface area contributed by atoms with E-state index in [0.29, 0.717) is 24.5 Å². The summed E-state index contributed by atoms with van der Waals surface area (Å²) in [4.78, 5) is 12.5. The zero-order chi connectivity index (χ0) is 17.6. The van der Waals surface area contributed by atoms with Gasteiger partial charge in [0.2, 0.25) is 0 Å². The molecule has 0 saturated heterocycles. The maximum atomic E-state index is 12.5. The van der Waals surface area contributed by atoms with Crippen LogP contribution in [0.4, 0.5) is 5.82 Å². The lowest BCUT2D eigenvalue weighted by Crippen LogP contribution is -2.16. The lowest BCUT2D eigenvalue weighted by Gasteiger charge is -2.10. The van der Waals surface area contributed by atoms with Gasteiger partial charge in [-0.15, -0.1) is 0 Å². The van der Waals surface area contributed by atoms with E-state index in [-0.39, 0.29) is 5.91 Å². The third-order valence-corrected chi connectivity index (χ3v) is 3.75. The second-order valence-electron chi connectivity index (χ2n) is 5.73. The highest BCUT2D eigenvalue weighted by Gasteiger charge is 2.11. The van der Waals surface area contributed by atoms with Crippen molar-refractivity contribution in [3.63, 3.8) is 0 Å². The van der Waals surface area contributed by atoms with Crippen molar-refractivity contribution in [3.8, 4) is 5.75 Å². The Morgan fingerprint density at radius 2 is 1.84 bits per heavy atom. The van der Waals surface area contributed by atoms with Crippen LogP contribution in [0.2, 0.25) is 0 Å². The van der Waals surface area contributed by atoms with Gasteiger partial charge in [-0.25, -0.2) is 4.68 Å². The Balaban J connectivity index is 1.75. The third-order valence-electron chi connectivity index (χ3n) is 3.75. The number of carbonyl (C=O) groups excluding carboxylic acids is 1. The average Bonchev–Trinajstić information content (AvgIpc) is 2.95. The van der Waals surface area contributed by atoms with Gasteiger partial charge in [-0.1, -0.05) is 30.3 Å². The summed E-state index contributed by atoms with van der Waals surface area (Å²) >= 11 is 0. The maximum absolute atomic E-state index is 12.5. The van der Waals surface area contributed by atoms with Gasteiger partial charge in [0.1, 0.15) is 11.6 Å². The molecule has 1 N–H and O–H groups in total. The van der Waals surface area contributed by atoms with Crippen LogP contribution in [0.5, 0.6) is 5.75 Å². The SMILES string of the molecule is CCOc1ccc(C(=O)Nc2cc(C)nn2Cc2ccccc2)cc1. The van der Waals surface area contributed by atoms with E-state index in [4.69, 9.17) is 4.74 Å². The number of anilines is 1. The van der Waals surface area contributed by atoms with Crippen molar-refractivity contribution in [3.05, 3.63) is 77.5 Å². The lowest BCUT2D eigenvalue weighted by molar-refractivity contribution is 0.102. The Morgan fingerprint density at radius 1 is 1.12 bits per heavy atom. The zero-order valence-corrected chi connectivity index (χ0v) is 14.4. The molecule has 0 bridgehead atoms. The van der Waals surface area contributed by atoms with Crippen LogP contribution >= 0.6 is 0 Å². The number of nitrogens with one attached hydrogen (secondary N) is 1. The van der Waals surface area contributed by atoms with Crippen LogP contribution in [0.15, 0.2) is 60.7 Å². The molecule has 5 heteroatoms. The molecule has 0 aliphatic rings. The van der Waals surface area contributed by atoms with Crippen LogP contribution < -0.4 is 10.1 Å². The summed E-state index contributed by atoms with van der Waals surface area (Å²) in [7, 11) is 0. The molecule has 3 aromatic rings. The molecular formula is C20H21N3O2. The van der Waals surface area contributed by atoms with Crippen molar-refractivity contribution in [2.45, 2.75) is 20.4 Å². The van der Waals surface area contributed by atoms with E-state index >= 15 is 0 Å². The predicted octanol–water partition coefficient (Wildman–Crippen LogP) is 3.89. The number of aromatic nitrogens is 2. The van der Waals surface area contributed by atoms with Crippen molar-refractivity contribution in [1.29, 1.82) is 0 Å². The van der Waals surface area contributed by atoms with Crippen molar-refractivity contribution in [2.24, 2.45) is 0 Å². The first-order valence-electron chi connectivity index (χ1n) is 8.28. The minimum Gasteiger partial charge on any atom is -0.494 e. The van der Waals surface area contributed by atoms with E-state index in [1.165, 1.54) is 0 Å². The van der Waals surface area contributed by atoms with Crippen molar-refractivity contribution >= 4 is 11.7 Å². The van der Waals surface area contributed by atoms with Crippen molar-refractivity contribution in [2.75, 3.05) is 11.9 Å². The molecular weight excluding hydrogens is 314 g/mol. The summed E-state index contributed by atoms with van der Waals surface area (Å²) in [5.74, 6) is 1.27. The van der Waals surface area contributed by atoms with Crippen LogP contribution in [0.3, 0.4) is 0 Å². The summed E-state index contributed by atoms with van der Waals surface area (Å²) in [5.41, 5.74) is 2.56. The number of benzene rings is 2. The van der Waals surface area contributed by atoms with Gasteiger partial charge in [0.25, 0.3) is 5.91 Å². The first-order valence-corrected chi connectivity index (χ1v) is 8.28. The summed E-state index contributed by atoms with van der Waals surface area (Å²) in [6, 6.07) is 19.0. The average molecular weight is 335 g/mol. The molecule has 0 unspecified atom stereocenters. The maximum Gasteiger partial charge on any atom is 0.256 e. The molecule has 0 aliphatic carbocycles. The van der Waals surface area contributed by atoms with E-state index in [0.717, 1.165) is 17.0 Å². The molecule has 0 atom stereocenters. The van der Waals surface area contributed by atoms with Gasteiger partial charge in [0, 0.05) is 11.6 Å². The standard InChI is InChI=1S/C20H21N3O2/c1-3-25-18-11-9-17(10-12-18)20(24)21-19-13-15(2)22-23(19)14-16-7-5-4-6-8-16/h4-13H,3,14H2,1-2H3,(H,21,24). The third kappa shape index (κ3) is 4.26. The number of nitrogens with zero attached hydrogens (tertiary/aromatic N) is 2. The molecule has 0 radical (unpaired) electrons. The predicted molar refractivity (Wildman–Crippen MR) is 98.1 cm³/mol. The fraction of sp³-hybridized carbons (Fsp3) is 0.200. The summed E-state index contributed by atoms with van der Waals surface area (Å²) < 4.78 is 7.20. The first kappa shape index (κ1) is 16.8. The largest absolute Gasteiger partial charge is 0.494 e. The van der Waals surface area contributed by atoms with E-state index < -0.39 is 0 Å². The minimum atomic E-state index is -0.169. The molecule has 1 amide bonds. The molecule has 1 heterocycles. The van der Waals surface area contributed by atoms with E-state index in [1.54, 1.807) is 28.9 Å². The number of hydrogen-bond acceptors (Lipinski definition) is 3. The number of aryl methyl sites for hydroxylation is 1. The Labute approximate surface area is 147 Å². The van der Waals surface area contributed by atoms with Crippen LogP contribution in [0.1, 0.15) is 28.5 Å². The molecule has 2 aromatic carbocycles. The normalized spacial score (nSPS) is 10.5. The number of hydrogen-bond donors (Lipinski definition) is 1. The summed E-state index contributed by atoms with van der Waals surface area (Å²) in [5, 5.41) is 7.41. The van der Waals surface area contributed by atoms with Crippen molar-refractivity contribution in [1.82, 2.24) is 9.78 Å². The zero-order valence-electron chi connectivity index (χ0n) is 14.4. The fourth-order valence-corrected chi connectivity index (χ4v) is 2.58. The number of amides is 1. The van der Waals surface area contributed by atoms with Crippen LogP contribution in [0, 0.1) is 6.92 Å². The Morgan fingerprint density at radius 3 is 2.52 bits per heavy atom. The monoisotopic (exact) mass is 335 g/mol. The smallest absolute Gasteiger partial charge is 0.256 e. The number of rotatable bonds is 6. The molecule has 0 fully saturated rings. The van der Waals surface area contributed by atoms with Crippen molar-refractivity contribution < 1.29 is 9.53 Å². The van der Waals surface area contributed by atoms with Gasteiger partial charge in [-0.3, -0.25) is 4.79 Å². The molecule has 0 spiro atoms.